The third kappa shape index (κ3) is 1.58. The van der Waals surface area contributed by atoms with E-state index in [9.17, 15) is 4.79 Å². The Labute approximate surface area is 91.5 Å². The van der Waals surface area contributed by atoms with E-state index in [4.69, 9.17) is 9.52 Å². The largest absolute Gasteiger partial charge is 0.475 e. The minimum absolute atomic E-state index is 0.128. The molecule has 0 amide bonds. The van der Waals surface area contributed by atoms with Gasteiger partial charge in [-0.1, -0.05) is 0 Å². The van der Waals surface area contributed by atoms with Gasteiger partial charge in [0.05, 0.1) is 5.69 Å². The maximum absolute atomic E-state index is 10.9. The van der Waals surface area contributed by atoms with Crippen molar-refractivity contribution in [2.24, 2.45) is 0 Å². The highest BCUT2D eigenvalue weighted by atomic mass is 16.4. The molecule has 0 fully saturated rings. The Morgan fingerprint density at radius 3 is 2.94 bits per heavy atom. The monoisotopic (exact) mass is 221 g/mol. The molecular formula is C10H11N3O3. The SMILES string of the molecule is CC(C)n1nccc1-c1ncoc1C(=O)O. The van der Waals surface area contributed by atoms with E-state index in [0.717, 1.165) is 6.39 Å². The number of rotatable bonds is 3. The van der Waals surface area contributed by atoms with Crippen molar-refractivity contribution in [1.29, 1.82) is 0 Å². The van der Waals surface area contributed by atoms with Crippen LogP contribution < -0.4 is 0 Å². The smallest absolute Gasteiger partial charge is 0.374 e. The van der Waals surface area contributed by atoms with Gasteiger partial charge in [0.2, 0.25) is 5.76 Å². The van der Waals surface area contributed by atoms with Crippen LogP contribution in [-0.2, 0) is 0 Å². The summed E-state index contributed by atoms with van der Waals surface area (Å²) in [4.78, 5) is 14.8. The lowest BCUT2D eigenvalue weighted by Crippen LogP contribution is -2.06. The molecule has 0 saturated carbocycles. The van der Waals surface area contributed by atoms with Gasteiger partial charge in [0.15, 0.2) is 6.39 Å². The number of aromatic carboxylic acids is 1. The Bertz CT molecular complexity index is 513. The summed E-state index contributed by atoms with van der Waals surface area (Å²) >= 11 is 0. The van der Waals surface area contributed by atoms with Crippen molar-refractivity contribution in [1.82, 2.24) is 14.8 Å². The third-order valence-corrected chi connectivity index (χ3v) is 2.16. The number of carbonyl (C=O) groups is 1. The zero-order valence-electron chi connectivity index (χ0n) is 8.91. The average Bonchev–Trinajstić information content (AvgIpc) is 2.85. The van der Waals surface area contributed by atoms with Crippen molar-refractivity contribution in [2.45, 2.75) is 19.9 Å². The van der Waals surface area contributed by atoms with Crippen LogP contribution in [0.25, 0.3) is 11.4 Å². The first-order valence-corrected chi connectivity index (χ1v) is 4.82. The highest BCUT2D eigenvalue weighted by Crippen LogP contribution is 2.24. The number of hydrogen-bond acceptors (Lipinski definition) is 4. The van der Waals surface area contributed by atoms with Gasteiger partial charge >= 0.3 is 5.97 Å². The molecule has 84 valence electrons. The molecule has 6 nitrogen and oxygen atoms in total. The fourth-order valence-electron chi connectivity index (χ4n) is 1.49. The molecule has 6 heteroatoms. The van der Waals surface area contributed by atoms with E-state index in [0.29, 0.717) is 11.4 Å². The van der Waals surface area contributed by atoms with Crippen molar-refractivity contribution in [3.63, 3.8) is 0 Å². The third-order valence-electron chi connectivity index (χ3n) is 2.16. The van der Waals surface area contributed by atoms with E-state index in [1.165, 1.54) is 0 Å². The molecule has 0 aromatic carbocycles. The average molecular weight is 221 g/mol. The Morgan fingerprint density at radius 2 is 2.31 bits per heavy atom. The first-order valence-electron chi connectivity index (χ1n) is 4.82. The molecule has 2 rings (SSSR count). The summed E-state index contributed by atoms with van der Waals surface area (Å²) in [6.45, 7) is 3.91. The molecule has 0 saturated heterocycles. The van der Waals surface area contributed by atoms with Gasteiger partial charge < -0.3 is 9.52 Å². The van der Waals surface area contributed by atoms with E-state index in [2.05, 4.69) is 10.1 Å². The first kappa shape index (κ1) is 10.4. The van der Waals surface area contributed by atoms with Crippen molar-refractivity contribution in [3.05, 3.63) is 24.4 Å². The van der Waals surface area contributed by atoms with Gasteiger partial charge in [0.1, 0.15) is 5.69 Å². The molecular weight excluding hydrogens is 210 g/mol. The van der Waals surface area contributed by atoms with E-state index < -0.39 is 5.97 Å². The van der Waals surface area contributed by atoms with E-state index >= 15 is 0 Å². The van der Waals surface area contributed by atoms with Crippen LogP contribution in [0.3, 0.4) is 0 Å². The molecule has 0 aliphatic rings. The van der Waals surface area contributed by atoms with Crippen LogP contribution in [0.1, 0.15) is 30.4 Å². The quantitative estimate of drug-likeness (QED) is 0.854. The lowest BCUT2D eigenvalue weighted by molar-refractivity contribution is 0.0663. The normalized spacial score (nSPS) is 10.9. The zero-order chi connectivity index (χ0) is 11.7. The molecule has 0 spiro atoms. The Hall–Kier alpha value is -2.11. The maximum atomic E-state index is 10.9. The number of aromatic nitrogens is 3. The van der Waals surface area contributed by atoms with Crippen LogP contribution in [0.5, 0.6) is 0 Å². The van der Waals surface area contributed by atoms with Crippen LogP contribution in [0.4, 0.5) is 0 Å². The topological polar surface area (TPSA) is 81.2 Å². The molecule has 0 radical (unpaired) electrons. The summed E-state index contributed by atoms with van der Waals surface area (Å²) in [5.41, 5.74) is 0.944. The number of carboxylic acids is 1. The lowest BCUT2D eigenvalue weighted by Gasteiger charge is -2.08. The van der Waals surface area contributed by atoms with Gasteiger partial charge in [-0.25, -0.2) is 9.78 Å². The fourth-order valence-corrected chi connectivity index (χ4v) is 1.49. The number of oxazole rings is 1. The molecule has 2 heterocycles. The summed E-state index contributed by atoms with van der Waals surface area (Å²) in [6, 6.07) is 1.84. The van der Waals surface area contributed by atoms with Crippen LogP contribution in [0.2, 0.25) is 0 Å². The van der Waals surface area contributed by atoms with E-state index in [1.54, 1.807) is 16.9 Å². The molecule has 2 aromatic rings. The van der Waals surface area contributed by atoms with Crippen molar-refractivity contribution in [3.8, 4) is 11.4 Å². The summed E-state index contributed by atoms with van der Waals surface area (Å²) in [6.07, 6.45) is 2.73. The van der Waals surface area contributed by atoms with Crippen LogP contribution >= 0.6 is 0 Å². The second-order valence-corrected chi connectivity index (χ2v) is 3.59. The van der Waals surface area contributed by atoms with Gasteiger partial charge in [-0.15, -0.1) is 0 Å². The summed E-state index contributed by atoms with van der Waals surface area (Å²) in [5.74, 6) is -1.30. The molecule has 0 bridgehead atoms. The predicted octanol–water partition coefficient (Wildman–Crippen LogP) is 1.82. The molecule has 16 heavy (non-hydrogen) atoms. The molecule has 0 aliphatic carbocycles. The maximum Gasteiger partial charge on any atom is 0.374 e. The molecule has 0 unspecified atom stereocenters. The number of carboxylic acid groups (broad SMARTS) is 1. The van der Waals surface area contributed by atoms with Crippen LogP contribution in [-0.4, -0.2) is 25.8 Å². The van der Waals surface area contributed by atoms with Crippen molar-refractivity contribution < 1.29 is 14.3 Å². The minimum atomic E-state index is -1.14. The standard InChI is InChI=1S/C10H11N3O3/c1-6(2)13-7(3-4-12-13)8-9(10(14)15)16-5-11-8/h3-6H,1-2H3,(H,14,15). The first-order chi connectivity index (χ1) is 7.61. The van der Waals surface area contributed by atoms with Gasteiger partial charge in [0.25, 0.3) is 0 Å². The van der Waals surface area contributed by atoms with Crippen LogP contribution in [0.15, 0.2) is 23.1 Å². The lowest BCUT2D eigenvalue weighted by atomic mass is 10.2. The molecule has 1 N–H and O–H groups in total. The zero-order valence-corrected chi connectivity index (χ0v) is 8.91. The summed E-state index contributed by atoms with van der Waals surface area (Å²) in [7, 11) is 0. The summed E-state index contributed by atoms with van der Waals surface area (Å²) < 4.78 is 6.53. The second-order valence-electron chi connectivity index (χ2n) is 3.59. The number of nitrogens with zero attached hydrogens (tertiary/aromatic N) is 3. The van der Waals surface area contributed by atoms with Crippen molar-refractivity contribution in [2.75, 3.05) is 0 Å². The van der Waals surface area contributed by atoms with Gasteiger partial charge in [0, 0.05) is 12.2 Å². The van der Waals surface area contributed by atoms with Gasteiger partial charge in [-0.2, -0.15) is 5.10 Å². The molecule has 0 atom stereocenters. The Kier molecular flexibility index (Phi) is 2.47. The fraction of sp³-hybridized carbons (Fsp3) is 0.300. The van der Waals surface area contributed by atoms with Crippen LogP contribution in [0, 0.1) is 0 Å². The summed E-state index contributed by atoms with van der Waals surface area (Å²) in [5, 5.41) is 13.0. The molecule has 2 aromatic heterocycles. The second kappa shape index (κ2) is 3.80. The highest BCUT2D eigenvalue weighted by molar-refractivity contribution is 5.91. The highest BCUT2D eigenvalue weighted by Gasteiger charge is 2.20. The predicted molar refractivity (Wildman–Crippen MR) is 55.1 cm³/mol. The Balaban J connectivity index is 2.54. The van der Waals surface area contributed by atoms with Gasteiger partial charge in [-0.05, 0) is 19.9 Å². The number of hydrogen-bond donors (Lipinski definition) is 1. The van der Waals surface area contributed by atoms with Crippen molar-refractivity contribution >= 4 is 5.97 Å². The minimum Gasteiger partial charge on any atom is -0.475 e. The Morgan fingerprint density at radius 1 is 1.56 bits per heavy atom. The van der Waals surface area contributed by atoms with E-state index in [1.807, 2.05) is 13.8 Å². The molecule has 0 aliphatic heterocycles. The van der Waals surface area contributed by atoms with E-state index in [-0.39, 0.29) is 11.8 Å². The van der Waals surface area contributed by atoms with Gasteiger partial charge in [-0.3, -0.25) is 4.68 Å².